The molecule has 0 atom stereocenters. The van der Waals surface area contributed by atoms with Crippen LogP contribution in [0, 0.1) is 0 Å². The Kier molecular flexibility index (Phi) is 5.33. The van der Waals surface area contributed by atoms with Crippen LogP contribution in [-0.2, 0) is 10.5 Å². The van der Waals surface area contributed by atoms with Crippen LogP contribution >= 0.6 is 11.8 Å². The molecule has 4 nitrogen and oxygen atoms in total. The second-order valence-corrected chi connectivity index (χ2v) is 6.30. The highest BCUT2D eigenvalue weighted by Crippen LogP contribution is 2.26. The number of hydrogen-bond donors (Lipinski definition) is 1. The largest absolute Gasteiger partial charge is 0.358 e. The summed E-state index contributed by atoms with van der Waals surface area (Å²) in [5.41, 5.74) is 4.20. The van der Waals surface area contributed by atoms with Crippen molar-refractivity contribution in [3.63, 3.8) is 0 Å². The molecule has 1 N–H and O–H groups in total. The number of hydrogen-bond acceptors (Lipinski definition) is 3. The second kappa shape index (κ2) is 7.84. The lowest BCUT2D eigenvalue weighted by atomic mass is 10.1. The first-order valence-electron chi connectivity index (χ1n) is 7.75. The smallest absolute Gasteiger partial charge is 0.229 e. The maximum atomic E-state index is 11.4. The van der Waals surface area contributed by atoms with Gasteiger partial charge in [-0.2, -0.15) is 5.10 Å². The summed E-state index contributed by atoms with van der Waals surface area (Å²) in [5, 5.41) is 7.42. The first-order valence-corrected chi connectivity index (χ1v) is 8.91. The van der Waals surface area contributed by atoms with Crippen molar-refractivity contribution in [3.8, 4) is 16.9 Å². The van der Waals surface area contributed by atoms with Gasteiger partial charge in [-0.25, -0.2) is 4.68 Å². The molecule has 0 spiro atoms. The van der Waals surface area contributed by atoms with E-state index in [4.69, 9.17) is 5.10 Å². The molecule has 0 aliphatic carbocycles. The molecule has 5 heteroatoms. The van der Waals surface area contributed by atoms with E-state index in [9.17, 15) is 4.79 Å². The lowest BCUT2D eigenvalue weighted by Gasteiger charge is -2.02. The summed E-state index contributed by atoms with van der Waals surface area (Å²) in [6.45, 7) is 0. The third-order valence-corrected chi connectivity index (χ3v) is 4.61. The molecule has 0 bridgehead atoms. The summed E-state index contributed by atoms with van der Waals surface area (Å²) >= 11 is 1.59. The molecule has 0 radical (unpaired) electrons. The quantitative estimate of drug-likeness (QED) is 0.749. The molecule has 0 aliphatic rings. The minimum atomic E-state index is 0.0386. The SMILES string of the molecule is CNC(=O)CSCc1cn(-c2ccccc2)nc1-c1ccccc1. The van der Waals surface area contributed by atoms with Gasteiger partial charge in [0.1, 0.15) is 0 Å². The van der Waals surface area contributed by atoms with Crippen LogP contribution in [-0.4, -0.2) is 28.5 Å². The minimum absolute atomic E-state index is 0.0386. The van der Waals surface area contributed by atoms with Gasteiger partial charge in [0.15, 0.2) is 0 Å². The maximum Gasteiger partial charge on any atom is 0.229 e. The fraction of sp³-hybridized carbons (Fsp3) is 0.158. The van der Waals surface area contributed by atoms with Crippen LogP contribution in [0.3, 0.4) is 0 Å². The van der Waals surface area contributed by atoms with Gasteiger partial charge in [-0.15, -0.1) is 11.8 Å². The molecule has 0 saturated heterocycles. The fourth-order valence-electron chi connectivity index (χ4n) is 2.39. The Balaban J connectivity index is 1.90. The predicted molar refractivity (Wildman–Crippen MR) is 99.2 cm³/mol. The highest BCUT2D eigenvalue weighted by molar-refractivity contribution is 7.99. The van der Waals surface area contributed by atoms with Gasteiger partial charge in [-0.05, 0) is 12.1 Å². The van der Waals surface area contributed by atoms with E-state index < -0.39 is 0 Å². The average molecular weight is 337 g/mol. The minimum Gasteiger partial charge on any atom is -0.358 e. The number of amides is 1. The van der Waals surface area contributed by atoms with Gasteiger partial charge in [0.25, 0.3) is 0 Å². The molecule has 1 amide bonds. The van der Waals surface area contributed by atoms with Crippen molar-refractivity contribution in [3.05, 3.63) is 72.4 Å². The monoisotopic (exact) mass is 337 g/mol. The third kappa shape index (κ3) is 3.86. The summed E-state index contributed by atoms with van der Waals surface area (Å²) in [6.07, 6.45) is 2.05. The summed E-state index contributed by atoms with van der Waals surface area (Å²) < 4.78 is 1.90. The third-order valence-electron chi connectivity index (χ3n) is 3.63. The van der Waals surface area contributed by atoms with Crippen molar-refractivity contribution >= 4 is 17.7 Å². The topological polar surface area (TPSA) is 46.9 Å². The normalized spacial score (nSPS) is 10.5. The first-order chi connectivity index (χ1) is 11.8. The van der Waals surface area contributed by atoms with E-state index in [2.05, 4.69) is 23.6 Å². The zero-order valence-corrected chi connectivity index (χ0v) is 14.3. The van der Waals surface area contributed by atoms with E-state index >= 15 is 0 Å². The van der Waals surface area contributed by atoms with E-state index in [-0.39, 0.29) is 5.91 Å². The molecule has 0 saturated carbocycles. The van der Waals surface area contributed by atoms with Crippen LogP contribution in [0.4, 0.5) is 0 Å². The summed E-state index contributed by atoms with van der Waals surface area (Å²) in [6, 6.07) is 20.2. The molecular weight excluding hydrogens is 318 g/mol. The van der Waals surface area contributed by atoms with Gasteiger partial charge in [0.2, 0.25) is 5.91 Å². The Morgan fingerprint density at radius 3 is 2.42 bits per heavy atom. The molecule has 3 rings (SSSR count). The molecule has 122 valence electrons. The van der Waals surface area contributed by atoms with E-state index in [0.717, 1.165) is 28.3 Å². The number of aromatic nitrogens is 2. The Hall–Kier alpha value is -2.53. The number of benzene rings is 2. The number of thioether (sulfide) groups is 1. The summed E-state index contributed by atoms with van der Waals surface area (Å²) in [7, 11) is 1.66. The van der Waals surface area contributed by atoms with Crippen LogP contribution in [0.5, 0.6) is 0 Å². The number of carbonyl (C=O) groups is 1. The second-order valence-electron chi connectivity index (χ2n) is 5.32. The van der Waals surface area contributed by atoms with Gasteiger partial charge >= 0.3 is 0 Å². The number of para-hydroxylation sites is 1. The number of nitrogens with zero attached hydrogens (tertiary/aromatic N) is 2. The van der Waals surface area contributed by atoms with Crippen molar-refractivity contribution in [2.45, 2.75) is 5.75 Å². The molecule has 0 aliphatic heterocycles. The van der Waals surface area contributed by atoms with E-state index in [1.54, 1.807) is 18.8 Å². The fourth-order valence-corrected chi connectivity index (χ4v) is 3.26. The zero-order valence-electron chi connectivity index (χ0n) is 13.5. The molecule has 2 aromatic carbocycles. The standard InChI is InChI=1S/C19H19N3OS/c1-20-18(23)14-24-13-16-12-22(17-10-6-3-7-11-17)21-19(16)15-8-4-2-5-9-15/h2-12H,13-14H2,1H3,(H,20,23). The van der Waals surface area contributed by atoms with Crippen LogP contribution in [0.15, 0.2) is 66.9 Å². The maximum absolute atomic E-state index is 11.4. The zero-order chi connectivity index (χ0) is 16.8. The van der Waals surface area contributed by atoms with Crippen molar-refractivity contribution in [2.24, 2.45) is 0 Å². The van der Waals surface area contributed by atoms with Gasteiger partial charge in [-0.1, -0.05) is 48.5 Å². The van der Waals surface area contributed by atoms with Crippen molar-refractivity contribution < 1.29 is 4.79 Å². The van der Waals surface area contributed by atoms with Crippen LogP contribution < -0.4 is 5.32 Å². The van der Waals surface area contributed by atoms with Gasteiger partial charge in [0, 0.05) is 30.1 Å². The summed E-state index contributed by atoms with van der Waals surface area (Å²) in [4.78, 5) is 11.4. The number of carbonyl (C=O) groups excluding carboxylic acids is 1. The van der Waals surface area contributed by atoms with Crippen molar-refractivity contribution in [1.29, 1.82) is 0 Å². The van der Waals surface area contributed by atoms with Gasteiger partial charge in [-0.3, -0.25) is 4.79 Å². The lowest BCUT2D eigenvalue weighted by Crippen LogP contribution is -2.19. The first kappa shape index (κ1) is 16.3. The molecule has 1 heterocycles. The molecule has 1 aromatic heterocycles. The van der Waals surface area contributed by atoms with E-state index in [1.165, 1.54) is 0 Å². The summed E-state index contributed by atoms with van der Waals surface area (Å²) in [5.74, 6) is 1.22. The average Bonchev–Trinajstić information content (AvgIpc) is 3.07. The van der Waals surface area contributed by atoms with Crippen LogP contribution in [0.2, 0.25) is 0 Å². The van der Waals surface area contributed by atoms with Crippen LogP contribution in [0.1, 0.15) is 5.56 Å². The number of rotatable bonds is 6. The molecule has 0 fully saturated rings. The molecule has 24 heavy (non-hydrogen) atoms. The van der Waals surface area contributed by atoms with Crippen molar-refractivity contribution in [1.82, 2.24) is 15.1 Å². The predicted octanol–water partition coefficient (Wildman–Crippen LogP) is 3.52. The molecular formula is C19H19N3OS. The lowest BCUT2D eigenvalue weighted by molar-refractivity contribution is -0.118. The highest BCUT2D eigenvalue weighted by atomic mass is 32.2. The van der Waals surface area contributed by atoms with Gasteiger partial charge in [0.05, 0.1) is 17.1 Å². The Morgan fingerprint density at radius 1 is 1.08 bits per heavy atom. The number of nitrogens with one attached hydrogen (secondary N) is 1. The van der Waals surface area contributed by atoms with Crippen LogP contribution in [0.25, 0.3) is 16.9 Å². The Morgan fingerprint density at radius 2 is 1.75 bits per heavy atom. The molecule has 0 unspecified atom stereocenters. The Bertz CT molecular complexity index is 800. The van der Waals surface area contributed by atoms with Crippen molar-refractivity contribution in [2.75, 3.05) is 12.8 Å². The molecule has 3 aromatic rings. The van der Waals surface area contributed by atoms with E-state index in [1.807, 2.05) is 53.2 Å². The Labute approximate surface area is 145 Å². The van der Waals surface area contributed by atoms with Gasteiger partial charge < -0.3 is 5.32 Å². The highest BCUT2D eigenvalue weighted by Gasteiger charge is 2.12. The van der Waals surface area contributed by atoms with E-state index in [0.29, 0.717) is 5.75 Å².